The van der Waals surface area contributed by atoms with Crippen LogP contribution >= 0.6 is 0 Å². The molecule has 2 atom stereocenters. The van der Waals surface area contributed by atoms with E-state index in [9.17, 15) is 14.7 Å². The third-order valence-electron chi connectivity index (χ3n) is 2.34. The van der Waals surface area contributed by atoms with Crippen molar-refractivity contribution in [3.63, 3.8) is 0 Å². The fraction of sp³-hybridized carbons (Fsp3) is 0.750. The molecule has 0 radical (unpaired) electrons. The van der Waals surface area contributed by atoms with E-state index < -0.39 is 17.5 Å². The van der Waals surface area contributed by atoms with Gasteiger partial charge in [-0.05, 0) is 19.3 Å². The van der Waals surface area contributed by atoms with Gasteiger partial charge in [0.1, 0.15) is 11.7 Å². The number of carbonyl (C=O) groups excluding carboxylic acids is 2. The zero-order valence-corrected chi connectivity index (χ0v) is 6.95. The first kappa shape index (κ1) is 9.19. The molecule has 1 aliphatic carbocycles. The first-order valence-corrected chi connectivity index (χ1v) is 3.87. The molecule has 0 spiro atoms. The Morgan fingerprint density at radius 1 is 1.75 bits per heavy atom. The molecular formula is C8H12O4. The lowest BCUT2D eigenvalue weighted by Crippen LogP contribution is -2.31. The van der Waals surface area contributed by atoms with Crippen LogP contribution in [0, 0.1) is 5.41 Å². The summed E-state index contributed by atoms with van der Waals surface area (Å²) in [4.78, 5) is 21.8. The Kier molecular flexibility index (Phi) is 2.47. The van der Waals surface area contributed by atoms with E-state index in [0.29, 0.717) is 19.1 Å². The second kappa shape index (κ2) is 3.23. The normalized spacial score (nSPS) is 34.7. The average molecular weight is 172 g/mol. The molecule has 0 aromatic heterocycles. The number of ether oxygens (including phenoxy) is 1. The highest BCUT2D eigenvalue weighted by Gasteiger charge is 2.45. The minimum atomic E-state index is -1.08. The Bertz CT molecular complexity index is 201. The molecule has 68 valence electrons. The number of aliphatic hydroxyl groups excluding tert-OH is 1. The van der Waals surface area contributed by atoms with Crippen molar-refractivity contribution in [3.05, 3.63) is 0 Å². The van der Waals surface area contributed by atoms with Gasteiger partial charge < -0.3 is 14.6 Å². The Balaban J connectivity index is 2.77. The van der Waals surface area contributed by atoms with Crippen LogP contribution in [-0.2, 0) is 14.3 Å². The van der Waals surface area contributed by atoms with Crippen LogP contribution < -0.4 is 0 Å². The van der Waals surface area contributed by atoms with E-state index in [1.165, 1.54) is 7.11 Å². The lowest BCUT2D eigenvalue weighted by Gasteiger charge is -2.17. The minimum absolute atomic E-state index is 0.198. The molecule has 0 amide bonds. The van der Waals surface area contributed by atoms with Crippen molar-refractivity contribution >= 4 is 12.3 Å². The maximum absolute atomic E-state index is 11.1. The molecule has 4 nitrogen and oxygen atoms in total. The highest BCUT2D eigenvalue weighted by Crippen LogP contribution is 2.37. The first-order chi connectivity index (χ1) is 5.64. The van der Waals surface area contributed by atoms with Crippen LogP contribution in [0.25, 0.3) is 0 Å². The molecule has 2 unspecified atom stereocenters. The van der Waals surface area contributed by atoms with E-state index in [2.05, 4.69) is 4.74 Å². The standard InChI is InChI=1S/C8H12O4/c1-12-7(11)8(5-9)3-2-6(10)4-8/h5-6,10H,2-4H2,1H3. The van der Waals surface area contributed by atoms with Crippen LogP contribution in [0.4, 0.5) is 0 Å². The molecule has 0 aromatic rings. The predicted molar refractivity (Wildman–Crippen MR) is 40.4 cm³/mol. The van der Waals surface area contributed by atoms with Crippen molar-refractivity contribution in [3.8, 4) is 0 Å². The Morgan fingerprint density at radius 3 is 2.75 bits per heavy atom. The number of hydrogen-bond donors (Lipinski definition) is 1. The summed E-state index contributed by atoms with van der Waals surface area (Å²) in [6.45, 7) is 0. The van der Waals surface area contributed by atoms with Gasteiger partial charge in [-0.1, -0.05) is 0 Å². The van der Waals surface area contributed by atoms with Gasteiger partial charge in [0, 0.05) is 0 Å². The minimum Gasteiger partial charge on any atom is -0.468 e. The molecule has 1 fully saturated rings. The van der Waals surface area contributed by atoms with Gasteiger partial charge in [-0.2, -0.15) is 0 Å². The fourth-order valence-corrected chi connectivity index (χ4v) is 1.59. The van der Waals surface area contributed by atoms with Gasteiger partial charge in [-0.15, -0.1) is 0 Å². The van der Waals surface area contributed by atoms with Crippen LogP contribution in [0.1, 0.15) is 19.3 Å². The molecule has 1 aliphatic rings. The Hall–Kier alpha value is -0.900. The van der Waals surface area contributed by atoms with Gasteiger partial charge >= 0.3 is 5.97 Å². The zero-order chi connectivity index (χ0) is 9.19. The van der Waals surface area contributed by atoms with Crippen molar-refractivity contribution in [2.45, 2.75) is 25.4 Å². The molecule has 0 aromatic carbocycles. The third kappa shape index (κ3) is 1.34. The summed E-state index contributed by atoms with van der Waals surface area (Å²) in [5.74, 6) is -0.533. The predicted octanol–water partition coefficient (Wildman–Crippen LogP) is -0.111. The molecule has 0 heterocycles. The number of methoxy groups -OCH3 is 1. The summed E-state index contributed by atoms with van der Waals surface area (Å²) in [6, 6.07) is 0. The van der Waals surface area contributed by atoms with Crippen LogP contribution in [-0.4, -0.2) is 30.6 Å². The maximum atomic E-state index is 11.1. The van der Waals surface area contributed by atoms with Crippen molar-refractivity contribution in [2.24, 2.45) is 5.41 Å². The highest BCUT2D eigenvalue weighted by molar-refractivity contribution is 5.93. The lowest BCUT2D eigenvalue weighted by atomic mass is 9.88. The molecule has 1 N–H and O–H groups in total. The van der Waals surface area contributed by atoms with Crippen LogP contribution in [0.5, 0.6) is 0 Å². The van der Waals surface area contributed by atoms with Gasteiger partial charge in [-0.25, -0.2) is 0 Å². The monoisotopic (exact) mass is 172 g/mol. The van der Waals surface area contributed by atoms with E-state index >= 15 is 0 Å². The van der Waals surface area contributed by atoms with E-state index in [1.54, 1.807) is 0 Å². The second-order valence-corrected chi connectivity index (χ2v) is 3.16. The van der Waals surface area contributed by atoms with Gasteiger partial charge in [0.25, 0.3) is 0 Å². The summed E-state index contributed by atoms with van der Waals surface area (Å²) in [5.41, 5.74) is -1.08. The van der Waals surface area contributed by atoms with Crippen LogP contribution in [0.15, 0.2) is 0 Å². The number of esters is 1. The van der Waals surface area contributed by atoms with Crippen molar-refractivity contribution in [1.29, 1.82) is 0 Å². The van der Waals surface area contributed by atoms with E-state index in [1.807, 2.05) is 0 Å². The summed E-state index contributed by atoms with van der Waals surface area (Å²) >= 11 is 0. The zero-order valence-electron chi connectivity index (χ0n) is 6.95. The van der Waals surface area contributed by atoms with E-state index in [-0.39, 0.29) is 6.42 Å². The van der Waals surface area contributed by atoms with Crippen molar-refractivity contribution < 1.29 is 19.4 Å². The molecule has 4 heteroatoms. The largest absolute Gasteiger partial charge is 0.468 e. The van der Waals surface area contributed by atoms with E-state index in [4.69, 9.17) is 0 Å². The number of rotatable bonds is 2. The SMILES string of the molecule is COC(=O)C1(C=O)CCC(O)C1. The van der Waals surface area contributed by atoms with Crippen LogP contribution in [0.2, 0.25) is 0 Å². The third-order valence-corrected chi connectivity index (χ3v) is 2.34. The number of aldehydes is 1. The topological polar surface area (TPSA) is 63.6 Å². The number of carbonyl (C=O) groups is 2. The van der Waals surface area contributed by atoms with Gasteiger partial charge in [0.05, 0.1) is 13.2 Å². The summed E-state index contributed by atoms with van der Waals surface area (Å²) in [7, 11) is 1.25. The molecule has 12 heavy (non-hydrogen) atoms. The summed E-state index contributed by atoms with van der Waals surface area (Å²) < 4.78 is 4.50. The van der Waals surface area contributed by atoms with Crippen molar-refractivity contribution in [2.75, 3.05) is 7.11 Å². The Labute approximate surface area is 70.5 Å². The fourth-order valence-electron chi connectivity index (χ4n) is 1.59. The second-order valence-electron chi connectivity index (χ2n) is 3.16. The average Bonchev–Trinajstić information content (AvgIpc) is 2.47. The van der Waals surface area contributed by atoms with Crippen LogP contribution in [0.3, 0.4) is 0 Å². The summed E-state index contributed by atoms with van der Waals surface area (Å²) in [6.07, 6.45) is 1.13. The van der Waals surface area contributed by atoms with Gasteiger partial charge in [0.15, 0.2) is 0 Å². The first-order valence-electron chi connectivity index (χ1n) is 3.87. The smallest absolute Gasteiger partial charge is 0.319 e. The van der Waals surface area contributed by atoms with E-state index in [0.717, 1.165) is 0 Å². The highest BCUT2D eigenvalue weighted by atomic mass is 16.5. The van der Waals surface area contributed by atoms with Crippen molar-refractivity contribution in [1.82, 2.24) is 0 Å². The molecule has 0 bridgehead atoms. The number of aliphatic hydroxyl groups is 1. The number of hydrogen-bond acceptors (Lipinski definition) is 4. The molecule has 1 rings (SSSR count). The summed E-state index contributed by atoms with van der Waals surface area (Å²) in [5, 5.41) is 9.17. The molecule has 0 aliphatic heterocycles. The van der Waals surface area contributed by atoms with Gasteiger partial charge in [0.2, 0.25) is 0 Å². The maximum Gasteiger partial charge on any atom is 0.319 e. The van der Waals surface area contributed by atoms with Gasteiger partial charge in [-0.3, -0.25) is 4.79 Å². The molecule has 0 saturated heterocycles. The quantitative estimate of drug-likeness (QED) is 0.358. The molecule has 1 saturated carbocycles. The Morgan fingerprint density at radius 2 is 2.42 bits per heavy atom. The molecular weight excluding hydrogens is 160 g/mol. The lowest BCUT2D eigenvalue weighted by molar-refractivity contribution is -0.154.